The van der Waals surface area contributed by atoms with Crippen LogP contribution in [-0.2, 0) is 24.8 Å². The number of benzene rings is 2. The van der Waals surface area contributed by atoms with Gasteiger partial charge in [0, 0.05) is 23.8 Å². The molecule has 2 aromatic carbocycles. The van der Waals surface area contributed by atoms with Crippen LogP contribution in [0, 0.1) is 0 Å². The first kappa shape index (κ1) is 29.4. The summed E-state index contributed by atoms with van der Waals surface area (Å²) >= 11 is 12.8. The summed E-state index contributed by atoms with van der Waals surface area (Å²) in [6, 6.07) is 12.7. The van der Waals surface area contributed by atoms with E-state index in [1.807, 2.05) is 0 Å². The molecule has 1 aliphatic rings. The number of hydrogen-bond donors (Lipinski definition) is 2. The van der Waals surface area contributed by atoms with Gasteiger partial charge >= 0.3 is 29.6 Å². The molecule has 1 amide bonds. The largest absolute Gasteiger partial charge is 1.00 e. The SMILES string of the molecule is O=C(Nc1ccc(S(=O)(=O)N2CCOCC2)cc1)c1cc(Cl)ccc1NS(=O)(=O)c1ccc(Cl)s1.[Na+]. The second kappa shape index (κ2) is 12.1. The molecule has 2 N–H and O–H groups in total. The van der Waals surface area contributed by atoms with Crippen molar-refractivity contribution in [2.24, 2.45) is 0 Å². The standard InChI is InChI=1S/C21H19Cl2N3O6S3.Na/c22-14-1-6-18(25-34(28,29)20-8-7-19(23)33-20)17(13-14)21(27)24-15-2-4-16(5-3-15)35(30,31)26-9-11-32-12-10-26;/h1-8,13,25H,9-12H2,(H,24,27);/q;+1. The molecule has 4 rings (SSSR count). The van der Waals surface area contributed by atoms with E-state index < -0.39 is 26.0 Å². The van der Waals surface area contributed by atoms with Crippen molar-refractivity contribution in [3.05, 3.63) is 69.5 Å². The summed E-state index contributed by atoms with van der Waals surface area (Å²) in [4.78, 5) is 13.1. The maximum atomic E-state index is 13.0. The number of amides is 1. The molecule has 0 saturated carbocycles. The number of sulfonamides is 2. The second-order valence-electron chi connectivity index (χ2n) is 7.35. The van der Waals surface area contributed by atoms with Gasteiger partial charge in [-0.15, -0.1) is 11.3 Å². The van der Waals surface area contributed by atoms with Crippen LogP contribution in [-0.4, -0.2) is 53.4 Å². The van der Waals surface area contributed by atoms with Crippen LogP contribution in [0.5, 0.6) is 0 Å². The number of nitrogens with zero attached hydrogens (tertiary/aromatic N) is 1. The van der Waals surface area contributed by atoms with Gasteiger partial charge in [0.05, 0.1) is 33.7 Å². The van der Waals surface area contributed by atoms with E-state index in [0.717, 1.165) is 11.3 Å². The van der Waals surface area contributed by atoms with Gasteiger partial charge in [0.2, 0.25) is 10.0 Å². The third-order valence-electron chi connectivity index (χ3n) is 5.00. The molecule has 9 nitrogen and oxygen atoms in total. The minimum Gasteiger partial charge on any atom is -0.379 e. The number of halogens is 2. The predicted molar refractivity (Wildman–Crippen MR) is 136 cm³/mol. The van der Waals surface area contributed by atoms with Crippen molar-refractivity contribution in [2.45, 2.75) is 9.10 Å². The average molecular weight is 599 g/mol. The maximum Gasteiger partial charge on any atom is 1.00 e. The number of morpholine rings is 1. The van der Waals surface area contributed by atoms with Crippen molar-refractivity contribution in [3.8, 4) is 0 Å². The number of thiophene rings is 1. The third-order valence-corrected chi connectivity index (χ3v) is 10.2. The van der Waals surface area contributed by atoms with Crippen molar-refractivity contribution in [1.82, 2.24) is 4.31 Å². The van der Waals surface area contributed by atoms with E-state index in [0.29, 0.717) is 23.2 Å². The van der Waals surface area contributed by atoms with Gasteiger partial charge in [-0.25, -0.2) is 16.8 Å². The number of rotatable bonds is 7. The molecule has 2 heterocycles. The Labute approximate surface area is 245 Å². The number of ether oxygens (including phenoxy) is 1. The summed E-state index contributed by atoms with van der Waals surface area (Å²) in [5, 5.41) is 2.86. The number of anilines is 2. The fourth-order valence-electron chi connectivity index (χ4n) is 3.28. The zero-order valence-electron chi connectivity index (χ0n) is 18.9. The van der Waals surface area contributed by atoms with E-state index in [-0.39, 0.29) is 68.0 Å². The fourth-order valence-corrected chi connectivity index (χ4v) is 7.42. The van der Waals surface area contributed by atoms with Gasteiger partial charge in [-0.1, -0.05) is 23.2 Å². The van der Waals surface area contributed by atoms with Crippen molar-refractivity contribution < 1.29 is 55.9 Å². The molecule has 36 heavy (non-hydrogen) atoms. The maximum absolute atomic E-state index is 13.0. The van der Waals surface area contributed by atoms with Gasteiger partial charge in [-0.3, -0.25) is 9.52 Å². The van der Waals surface area contributed by atoms with Crippen LogP contribution < -0.4 is 39.6 Å². The van der Waals surface area contributed by atoms with E-state index in [1.54, 1.807) is 0 Å². The zero-order chi connectivity index (χ0) is 25.2. The van der Waals surface area contributed by atoms with Gasteiger partial charge in [-0.05, 0) is 54.6 Å². The molecule has 0 atom stereocenters. The van der Waals surface area contributed by atoms with Crippen molar-refractivity contribution in [3.63, 3.8) is 0 Å². The number of nitrogens with one attached hydrogen (secondary N) is 2. The van der Waals surface area contributed by atoms with Crippen molar-refractivity contribution in [2.75, 3.05) is 36.3 Å². The summed E-state index contributed by atoms with van der Waals surface area (Å²) in [5.74, 6) is -0.641. The molecule has 0 aliphatic carbocycles. The number of carbonyl (C=O) groups excluding carboxylic acids is 1. The molecule has 0 radical (unpaired) electrons. The van der Waals surface area contributed by atoms with Crippen LogP contribution in [0.4, 0.5) is 11.4 Å². The van der Waals surface area contributed by atoms with Crippen LogP contribution in [0.25, 0.3) is 0 Å². The second-order valence-corrected chi connectivity index (χ2v) is 13.3. The van der Waals surface area contributed by atoms with E-state index in [9.17, 15) is 21.6 Å². The molecule has 1 aromatic heterocycles. The normalized spacial score (nSPS) is 14.6. The zero-order valence-corrected chi connectivity index (χ0v) is 24.9. The summed E-state index contributed by atoms with van der Waals surface area (Å²) < 4.78 is 60.2. The van der Waals surface area contributed by atoms with Gasteiger partial charge < -0.3 is 10.1 Å². The molecule has 1 aliphatic heterocycles. The fraction of sp³-hybridized carbons (Fsp3) is 0.190. The Kier molecular flexibility index (Phi) is 9.88. The Morgan fingerprint density at radius 1 is 0.944 bits per heavy atom. The van der Waals surface area contributed by atoms with E-state index >= 15 is 0 Å². The van der Waals surface area contributed by atoms with E-state index in [2.05, 4.69) is 10.0 Å². The average Bonchev–Trinajstić information content (AvgIpc) is 3.28. The molecule has 0 spiro atoms. The summed E-state index contributed by atoms with van der Waals surface area (Å²) in [5.41, 5.74) is 0.312. The Balaban J connectivity index is 0.00000361. The molecule has 15 heteroatoms. The Morgan fingerprint density at radius 3 is 2.22 bits per heavy atom. The van der Waals surface area contributed by atoms with Crippen LogP contribution >= 0.6 is 34.5 Å². The van der Waals surface area contributed by atoms with Crippen LogP contribution in [0.3, 0.4) is 0 Å². The van der Waals surface area contributed by atoms with Crippen molar-refractivity contribution >= 4 is 71.9 Å². The Morgan fingerprint density at radius 2 is 1.61 bits per heavy atom. The predicted octanol–water partition coefficient (Wildman–Crippen LogP) is 1.13. The molecular formula is C21H19Cl2N3NaO6S3+. The molecule has 0 bridgehead atoms. The first-order valence-corrected chi connectivity index (χ1v) is 14.6. The smallest absolute Gasteiger partial charge is 0.379 e. The minimum absolute atomic E-state index is 0. The number of carbonyl (C=O) groups is 1. The molecule has 0 unspecified atom stereocenters. The number of hydrogen-bond acceptors (Lipinski definition) is 7. The molecule has 186 valence electrons. The summed E-state index contributed by atoms with van der Waals surface area (Å²) in [6.07, 6.45) is 0. The first-order valence-electron chi connectivity index (χ1n) is 10.1. The Hall–Kier alpha value is -1.19. The van der Waals surface area contributed by atoms with Crippen LogP contribution in [0.1, 0.15) is 10.4 Å². The third kappa shape index (κ3) is 6.81. The first-order chi connectivity index (χ1) is 16.6. The van der Waals surface area contributed by atoms with Crippen molar-refractivity contribution in [1.29, 1.82) is 0 Å². The monoisotopic (exact) mass is 598 g/mol. The van der Waals surface area contributed by atoms with Crippen LogP contribution in [0.15, 0.2) is 63.7 Å². The van der Waals surface area contributed by atoms with E-state index in [4.69, 9.17) is 27.9 Å². The van der Waals surface area contributed by atoms with Gasteiger partial charge in [-0.2, -0.15) is 4.31 Å². The minimum atomic E-state index is -3.99. The molecule has 1 saturated heterocycles. The van der Waals surface area contributed by atoms with Gasteiger partial charge in [0.1, 0.15) is 4.21 Å². The molecular weight excluding hydrogens is 580 g/mol. The Bertz CT molecular complexity index is 1460. The topological polar surface area (TPSA) is 122 Å². The van der Waals surface area contributed by atoms with Crippen LogP contribution in [0.2, 0.25) is 9.36 Å². The van der Waals surface area contributed by atoms with E-state index in [1.165, 1.54) is 58.9 Å². The quantitative estimate of drug-likeness (QED) is 0.393. The van der Waals surface area contributed by atoms with Gasteiger partial charge in [0.15, 0.2) is 0 Å². The molecule has 3 aromatic rings. The summed E-state index contributed by atoms with van der Waals surface area (Å²) in [7, 11) is -7.66. The van der Waals surface area contributed by atoms with Gasteiger partial charge in [0.25, 0.3) is 15.9 Å². The summed E-state index contributed by atoms with van der Waals surface area (Å²) in [6.45, 7) is 1.20. The molecule has 1 fully saturated rings.